The van der Waals surface area contributed by atoms with Crippen LogP contribution in [0.3, 0.4) is 0 Å². The third-order valence-corrected chi connectivity index (χ3v) is 5.36. The quantitative estimate of drug-likeness (QED) is 0.417. The molecule has 36 heavy (non-hydrogen) atoms. The van der Waals surface area contributed by atoms with Gasteiger partial charge in [0.05, 0.1) is 29.7 Å². The van der Waals surface area contributed by atoms with E-state index in [0.717, 1.165) is 18.2 Å². The van der Waals surface area contributed by atoms with Gasteiger partial charge in [-0.1, -0.05) is 0 Å². The summed E-state index contributed by atoms with van der Waals surface area (Å²) < 4.78 is 57.1. The van der Waals surface area contributed by atoms with Crippen LogP contribution in [0.1, 0.15) is 28.5 Å². The number of ether oxygens (including phenoxy) is 1. The van der Waals surface area contributed by atoms with Crippen molar-refractivity contribution in [3.63, 3.8) is 0 Å². The number of halogens is 4. The summed E-state index contributed by atoms with van der Waals surface area (Å²) in [6, 6.07) is 7.61. The molecule has 0 aliphatic carbocycles. The van der Waals surface area contributed by atoms with Gasteiger partial charge in [0.15, 0.2) is 11.5 Å². The maximum atomic E-state index is 14.3. The van der Waals surface area contributed by atoms with Gasteiger partial charge in [0, 0.05) is 30.8 Å². The van der Waals surface area contributed by atoms with E-state index in [1.807, 2.05) is 0 Å². The van der Waals surface area contributed by atoms with Crippen LogP contribution in [0.15, 0.2) is 48.8 Å². The van der Waals surface area contributed by atoms with Gasteiger partial charge in [-0.3, -0.25) is 14.6 Å². The molecule has 2 amide bonds. The lowest BCUT2D eigenvalue weighted by Gasteiger charge is -2.17. The molecule has 0 unspecified atom stereocenters. The van der Waals surface area contributed by atoms with E-state index in [-0.39, 0.29) is 30.1 Å². The van der Waals surface area contributed by atoms with Crippen LogP contribution in [0, 0.1) is 5.82 Å². The van der Waals surface area contributed by atoms with Crippen LogP contribution >= 0.6 is 0 Å². The summed E-state index contributed by atoms with van der Waals surface area (Å²) in [7, 11) is 0. The number of nitrogens with one attached hydrogen (secondary N) is 1. The summed E-state index contributed by atoms with van der Waals surface area (Å²) >= 11 is 0. The molecule has 0 radical (unpaired) electrons. The number of nitrogens with zero attached hydrogens (tertiary/aromatic N) is 5. The Kier molecular flexibility index (Phi) is 5.54. The van der Waals surface area contributed by atoms with Gasteiger partial charge in [0.2, 0.25) is 5.91 Å². The molecule has 1 N–H and O–H groups in total. The Hall–Kier alpha value is -4.55. The van der Waals surface area contributed by atoms with Gasteiger partial charge < -0.3 is 15.0 Å². The number of rotatable bonds is 5. The van der Waals surface area contributed by atoms with Crippen molar-refractivity contribution >= 4 is 23.3 Å². The molecule has 1 aromatic carbocycles. The van der Waals surface area contributed by atoms with Crippen molar-refractivity contribution in [3.8, 4) is 17.0 Å². The molecule has 184 valence electrons. The van der Waals surface area contributed by atoms with E-state index in [2.05, 4.69) is 25.1 Å². The summed E-state index contributed by atoms with van der Waals surface area (Å²) in [6.07, 6.45) is -1.85. The Labute approximate surface area is 200 Å². The van der Waals surface area contributed by atoms with E-state index >= 15 is 0 Å². The smallest absolute Gasteiger partial charge is 0.406 e. The zero-order valence-electron chi connectivity index (χ0n) is 18.5. The van der Waals surface area contributed by atoms with Gasteiger partial charge in [0.1, 0.15) is 11.6 Å². The van der Waals surface area contributed by atoms with E-state index in [9.17, 15) is 27.2 Å². The van der Waals surface area contributed by atoms with Gasteiger partial charge in [-0.15, -0.1) is 13.2 Å². The van der Waals surface area contributed by atoms with Gasteiger partial charge >= 0.3 is 6.36 Å². The fourth-order valence-corrected chi connectivity index (χ4v) is 3.85. The topological polar surface area (TPSA) is 102 Å². The SMILES string of the molecule is CC(=O)Nc1cn2nc(-c3cnc4c(c3)C(=O)N(Cc3cc(OC(F)(F)F)ccc3F)C4)ccc2n1. The minimum absolute atomic E-state index is 0.0618. The Balaban J connectivity index is 1.38. The molecule has 0 atom stereocenters. The van der Waals surface area contributed by atoms with Crippen LogP contribution in [0.2, 0.25) is 0 Å². The van der Waals surface area contributed by atoms with Crippen LogP contribution in [0.25, 0.3) is 16.9 Å². The Bertz CT molecular complexity index is 1520. The predicted molar refractivity (Wildman–Crippen MR) is 117 cm³/mol. The van der Waals surface area contributed by atoms with Gasteiger partial charge in [-0.2, -0.15) is 5.10 Å². The first kappa shape index (κ1) is 23.2. The molecule has 0 fully saturated rings. The molecule has 1 aliphatic rings. The first-order chi connectivity index (χ1) is 17.1. The van der Waals surface area contributed by atoms with E-state index in [4.69, 9.17) is 0 Å². The lowest BCUT2D eigenvalue weighted by molar-refractivity contribution is -0.274. The van der Waals surface area contributed by atoms with Crippen LogP contribution < -0.4 is 10.1 Å². The molecule has 0 saturated heterocycles. The van der Waals surface area contributed by atoms with Crippen molar-refractivity contribution in [1.29, 1.82) is 0 Å². The Morgan fingerprint density at radius 3 is 2.75 bits per heavy atom. The van der Waals surface area contributed by atoms with E-state index < -0.39 is 23.8 Å². The maximum Gasteiger partial charge on any atom is 0.573 e. The van der Waals surface area contributed by atoms with Crippen molar-refractivity contribution in [2.75, 3.05) is 5.32 Å². The second kappa shape index (κ2) is 8.59. The minimum atomic E-state index is -4.92. The summed E-state index contributed by atoms with van der Waals surface area (Å²) in [5, 5.41) is 7.02. The van der Waals surface area contributed by atoms with Crippen LogP contribution in [0.4, 0.5) is 23.4 Å². The molecule has 0 bridgehead atoms. The third-order valence-electron chi connectivity index (χ3n) is 5.36. The third kappa shape index (κ3) is 4.67. The molecule has 0 saturated carbocycles. The van der Waals surface area contributed by atoms with E-state index in [0.29, 0.717) is 28.4 Å². The normalized spacial score (nSPS) is 13.2. The number of imidazole rings is 1. The number of hydrogen-bond acceptors (Lipinski definition) is 6. The zero-order chi connectivity index (χ0) is 25.6. The molecule has 0 spiro atoms. The highest BCUT2D eigenvalue weighted by atomic mass is 19.4. The largest absolute Gasteiger partial charge is 0.573 e. The van der Waals surface area contributed by atoms with Gasteiger partial charge in [0.25, 0.3) is 5.91 Å². The summed E-state index contributed by atoms with van der Waals surface area (Å²) in [5.41, 5.74) is 2.12. The molecule has 13 heteroatoms. The number of carbonyl (C=O) groups is 2. The minimum Gasteiger partial charge on any atom is -0.406 e. The first-order valence-corrected chi connectivity index (χ1v) is 10.5. The van der Waals surface area contributed by atoms with Crippen LogP contribution in [-0.2, 0) is 17.9 Å². The first-order valence-electron chi connectivity index (χ1n) is 10.5. The van der Waals surface area contributed by atoms with Crippen molar-refractivity contribution in [2.24, 2.45) is 0 Å². The number of aromatic nitrogens is 4. The number of fused-ring (bicyclic) bond motifs is 2. The molecular formula is C23H16F4N6O3. The lowest BCUT2D eigenvalue weighted by atomic mass is 10.1. The number of pyridine rings is 1. The van der Waals surface area contributed by atoms with Crippen molar-refractivity contribution < 1.29 is 31.9 Å². The van der Waals surface area contributed by atoms with Crippen LogP contribution in [0.5, 0.6) is 5.75 Å². The molecular weight excluding hydrogens is 484 g/mol. The average molecular weight is 500 g/mol. The molecule has 1 aliphatic heterocycles. The van der Waals surface area contributed by atoms with Crippen LogP contribution in [-0.4, -0.2) is 42.7 Å². The highest BCUT2D eigenvalue weighted by Crippen LogP contribution is 2.30. The Morgan fingerprint density at radius 1 is 1.19 bits per heavy atom. The number of anilines is 1. The molecule has 5 rings (SSSR count). The lowest BCUT2D eigenvalue weighted by Crippen LogP contribution is -2.24. The van der Waals surface area contributed by atoms with E-state index in [1.54, 1.807) is 24.4 Å². The number of alkyl halides is 3. The summed E-state index contributed by atoms with van der Waals surface area (Å²) in [5.74, 6) is -1.73. The average Bonchev–Trinajstić information content (AvgIpc) is 3.33. The van der Waals surface area contributed by atoms with Gasteiger partial charge in [-0.05, 0) is 36.4 Å². The zero-order valence-corrected chi connectivity index (χ0v) is 18.5. The van der Waals surface area contributed by atoms with Crippen molar-refractivity contribution in [2.45, 2.75) is 26.4 Å². The highest BCUT2D eigenvalue weighted by molar-refractivity contribution is 5.98. The molecule has 9 nitrogen and oxygen atoms in total. The molecule has 4 aromatic rings. The summed E-state index contributed by atoms with van der Waals surface area (Å²) in [6.45, 7) is 1.16. The van der Waals surface area contributed by atoms with Crippen molar-refractivity contribution in [3.05, 3.63) is 71.4 Å². The van der Waals surface area contributed by atoms with Crippen molar-refractivity contribution in [1.82, 2.24) is 24.5 Å². The second-order valence-electron chi connectivity index (χ2n) is 8.01. The maximum absolute atomic E-state index is 14.3. The monoisotopic (exact) mass is 500 g/mol. The second-order valence-corrected chi connectivity index (χ2v) is 8.01. The number of carbonyl (C=O) groups excluding carboxylic acids is 2. The number of amides is 2. The Morgan fingerprint density at radius 2 is 2.00 bits per heavy atom. The molecule has 4 heterocycles. The van der Waals surface area contributed by atoms with E-state index in [1.165, 1.54) is 22.5 Å². The highest BCUT2D eigenvalue weighted by Gasteiger charge is 2.32. The fourth-order valence-electron chi connectivity index (χ4n) is 3.85. The number of benzene rings is 1. The fraction of sp³-hybridized carbons (Fsp3) is 0.174. The standard InChI is InChI=1S/C23H16F4N6O3/c1-12(34)29-20-11-33-21(30-20)5-4-18(31-33)13-7-16-19(28-8-13)10-32(22(16)35)9-14-6-15(2-3-17(14)24)36-23(25,26)27/h2-8,11H,9-10H2,1H3,(H,29,34). The predicted octanol–water partition coefficient (Wildman–Crippen LogP) is 3.94. The molecule has 3 aromatic heterocycles. The summed E-state index contributed by atoms with van der Waals surface area (Å²) in [4.78, 5) is 34.1. The van der Waals surface area contributed by atoms with Gasteiger partial charge in [-0.25, -0.2) is 13.9 Å². The number of hydrogen-bond donors (Lipinski definition) is 1.